The van der Waals surface area contributed by atoms with Crippen LogP contribution in [0.25, 0.3) is 5.57 Å². The smallest absolute Gasteiger partial charge is 0.311 e. The van der Waals surface area contributed by atoms with Gasteiger partial charge in [0.15, 0.2) is 6.29 Å². The molecule has 2 aromatic carbocycles. The molecular formula is C32H40N2O5. The fraction of sp³-hybridized carbons (Fsp3) is 0.406. The van der Waals surface area contributed by atoms with Gasteiger partial charge in [0.05, 0.1) is 18.1 Å². The summed E-state index contributed by atoms with van der Waals surface area (Å²) >= 11 is 0. The van der Waals surface area contributed by atoms with Gasteiger partial charge in [-0.15, -0.1) is 0 Å². The number of aliphatic carboxylic acids is 1. The third-order valence-electron chi connectivity index (χ3n) is 7.35. The maximum Gasteiger partial charge on any atom is 0.311 e. The number of hydrogen-bond donors (Lipinski definition) is 2. The first-order valence-corrected chi connectivity index (χ1v) is 13.3. The molecular weight excluding hydrogens is 492 g/mol. The second-order valence-corrected chi connectivity index (χ2v) is 11.5. The Hall–Kier alpha value is -3.87. The molecule has 1 aliphatic heterocycles. The zero-order valence-corrected chi connectivity index (χ0v) is 24.1. The number of carbonyl (C=O) groups is 3. The SMILES string of the molecule is C/C(=C(/C(=C(\C=O)C(N)=O)C(CC(C)(C)C)C(=O)O)c1ccc2c(c1)CCCO2)N(C)c1ccc(C)c(C)c1. The van der Waals surface area contributed by atoms with Crippen LogP contribution in [0.15, 0.2) is 53.2 Å². The van der Waals surface area contributed by atoms with Gasteiger partial charge in [-0.3, -0.25) is 14.4 Å². The number of ether oxygens (including phenoxy) is 1. The zero-order valence-electron chi connectivity index (χ0n) is 24.1. The average Bonchev–Trinajstić information content (AvgIpc) is 2.87. The van der Waals surface area contributed by atoms with Crippen LogP contribution in [0.3, 0.4) is 0 Å². The van der Waals surface area contributed by atoms with Crippen LogP contribution in [0.1, 0.15) is 62.8 Å². The summed E-state index contributed by atoms with van der Waals surface area (Å²) in [6, 6.07) is 11.8. The van der Waals surface area contributed by atoms with Crippen molar-refractivity contribution in [1.29, 1.82) is 0 Å². The number of anilines is 1. The fourth-order valence-electron chi connectivity index (χ4n) is 5.05. The second-order valence-electron chi connectivity index (χ2n) is 11.5. The van der Waals surface area contributed by atoms with E-state index in [2.05, 4.69) is 6.07 Å². The number of benzene rings is 2. The van der Waals surface area contributed by atoms with Crippen molar-refractivity contribution in [2.45, 2.75) is 60.8 Å². The number of hydrogen-bond acceptors (Lipinski definition) is 5. The molecule has 0 saturated carbocycles. The predicted octanol–water partition coefficient (Wildman–Crippen LogP) is 5.61. The summed E-state index contributed by atoms with van der Waals surface area (Å²) < 4.78 is 5.82. The number of aryl methyl sites for hydroxylation is 3. The molecule has 1 amide bonds. The molecule has 0 spiro atoms. The van der Waals surface area contributed by atoms with Gasteiger partial charge in [-0.05, 0) is 97.5 Å². The van der Waals surface area contributed by atoms with Gasteiger partial charge in [0.25, 0.3) is 5.91 Å². The van der Waals surface area contributed by atoms with Crippen LogP contribution in [-0.4, -0.2) is 36.9 Å². The summed E-state index contributed by atoms with van der Waals surface area (Å²) in [5.74, 6) is -2.45. The van der Waals surface area contributed by atoms with E-state index in [1.807, 2.05) is 83.8 Å². The molecule has 0 bridgehead atoms. The molecule has 1 unspecified atom stereocenters. The van der Waals surface area contributed by atoms with Crippen molar-refractivity contribution in [3.63, 3.8) is 0 Å². The minimum atomic E-state index is -1.15. The quantitative estimate of drug-likeness (QED) is 0.143. The first-order chi connectivity index (χ1) is 18.2. The van der Waals surface area contributed by atoms with Crippen molar-refractivity contribution in [3.05, 3.63) is 75.5 Å². The molecule has 0 aliphatic carbocycles. The van der Waals surface area contributed by atoms with Crippen molar-refractivity contribution < 1.29 is 24.2 Å². The maximum absolute atomic E-state index is 12.8. The van der Waals surface area contributed by atoms with Gasteiger partial charge in [-0.1, -0.05) is 32.9 Å². The molecule has 1 heterocycles. The molecule has 39 heavy (non-hydrogen) atoms. The molecule has 0 saturated heterocycles. The number of rotatable bonds is 9. The van der Waals surface area contributed by atoms with Crippen molar-refractivity contribution in [2.75, 3.05) is 18.6 Å². The van der Waals surface area contributed by atoms with Crippen LogP contribution in [0.2, 0.25) is 0 Å². The number of fused-ring (bicyclic) bond motifs is 1. The third kappa shape index (κ3) is 6.77. The molecule has 0 fully saturated rings. The molecule has 208 valence electrons. The Bertz CT molecular complexity index is 1350. The first-order valence-electron chi connectivity index (χ1n) is 13.3. The van der Waals surface area contributed by atoms with Crippen molar-refractivity contribution in [3.8, 4) is 5.75 Å². The summed E-state index contributed by atoms with van der Waals surface area (Å²) in [5.41, 5.74) is 11.1. The van der Waals surface area contributed by atoms with Crippen LogP contribution >= 0.6 is 0 Å². The van der Waals surface area contributed by atoms with Crippen LogP contribution < -0.4 is 15.4 Å². The van der Waals surface area contributed by atoms with Crippen LogP contribution in [0, 0.1) is 25.2 Å². The van der Waals surface area contributed by atoms with Gasteiger partial charge in [0.1, 0.15) is 5.75 Å². The predicted molar refractivity (Wildman–Crippen MR) is 155 cm³/mol. The van der Waals surface area contributed by atoms with Crippen LogP contribution in [0.5, 0.6) is 5.75 Å². The number of carboxylic acids is 1. The highest BCUT2D eigenvalue weighted by molar-refractivity contribution is 6.14. The molecule has 3 N–H and O–H groups in total. The topological polar surface area (TPSA) is 110 Å². The number of aldehydes is 1. The average molecular weight is 533 g/mol. The van der Waals surface area contributed by atoms with Crippen LogP contribution in [0.4, 0.5) is 5.69 Å². The summed E-state index contributed by atoms with van der Waals surface area (Å²) in [4.78, 5) is 39.8. The van der Waals surface area contributed by atoms with E-state index >= 15 is 0 Å². The first kappa shape index (κ1) is 29.7. The molecule has 1 aliphatic rings. The van der Waals surface area contributed by atoms with E-state index in [0.717, 1.165) is 41.0 Å². The number of primary amides is 1. The summed E-state index contributed by atoms with van der Waals surface area (Å²) in [5, 5.41) is 10.5. The maximum atomic E-state index is 12.8. The molecule has 0 radical (unpaired) electrons. The Morgan fingerprint density at radius 3 is 2.38 bits per heavy atom. The minimum absolute atomic E-state index is 0.129. The van der Waals surface area contributed by atoms with E-state index in [1.165, 1.54) is 0 Å². The molecule has 2 aromatic rings. The van der Waals surface area contributed by atoms with Gasteiger partial charge in [-0.25, -0.2) is 0 Å². The summed E-state index contributed by atoms with van der Waals surface area (Å²) in [6.07, 6.45) is 2.26. The third-order valence-corrected chi connectivity index (χ3v) is 7.35. The van der Waals surface area contributed by atoms with Crippen molar-refractivity contribution >= 4 is 29.4 Å². The molecule has 0 aromatic heterocycles. The number of amides is 1. The van der Waals surface area contributed by atoms with Crippen molar-refractivity contribution in [2.24, 2.45) is 17.1 Å². The molecule has 7 nitrogen and oxygen atoms in total. The van der Waals surface area contributed by atoms with Gasteiger partial charge < -0.3 is 20.5 Å². The van der Waals surface area contributed by atoms with Crippen molar-refractivity contribution in [1.82, 2.24) is 0 Å². The number of nitrogens with zero attached hydrogens (tertiary/aromatic N) is 1. The molecule has 3 rings (SSSR count). The van der Waals surface area contributed by atoms with Gasteiger partial charge in [0.2, 0.25) is 0 Å². The Morgan fingerprint density at radius 2 is 1.82 bits per heavy atom. The van der Waals surface area contributed by atoms with Gasteiger partial charge >= 0.3 is 5.97 Å². The number of carboxylic acid groups (broad SMARTS) is 1. The molecule has 7 heteroatoms. The Balaban J connectivity index is 2.43. The lowest BCUT2D eigenvalue weighted by molar-refractivity contribution is -0.141. The highest BCUT2D eigenvalue weighted by Crippen LogP contribution is 2.42. The number of carbonyl (C=O) groups excluding carboxylic acids is 2. The second kappa shape index (κ2) is 11.9. The van der Waals surface area contributed by atoms with E-state index < -0.39 is 23.2 Å². The lowest BCUT2D eigenvalue weighted by Crippen LogP contribution is -2.29. The number of nitrogens with two attached hydrogens (primary N) is 1. The fourth-order valence-corrected chi connectivity index (χ4v) is 5.05. The Labute approximate surface area is 231 Å². The number of allylic oxidation sites excluding steroid dienone is 2. The largest absolute Gasteiger partial charge is 0.493 e. The van der Waals surface area contributed by atoms with Crippen LogP contribution in [-0.2, 0) is 20.8 Å². The Kier molecular flexibility index (Phi) is 9.05. The minimum Gasteiger partial charge on any atom is -0.493 e. The van der Waals surface area contributed by atoms with E-state index in [9.17, 15) is 19.5 Å². The highest BCUT2D eigenvalue weighted by Gasteiger charge is 2.35. The lowest BCUT2D eigenvalue weighted by atomic mass is 9.75. The van der Waals surface area contributed by atoms with E-state index in [1.54, 1.807) is 0 Å². The molecule has 1 atom stereocenters. The van der Waals surface area contributed by atoms with E-state index in [-0.39, 0.29) is 17.6 Å². The van der Waals surface area contributed by atoms with Gasteiger partial charge in [0, 0.05) is 24.0 Å². The monoisotopic (exact) mass is 532 g/mol. The zero-order chi connectivity index (χ0) is 29.1. The summed E-state index contributed by atoms with van der Waals surface area (Å²) in [6.45, 7) is 12.4. The summed E-state index contributed by atoms with van der Waals surface area (Å²) in [7, 11) is 1.89. The van der Waals surface area contributed by atoms with Gasteiger partial charge in [-0.2, -0.15) is 0 Å². The van der Waals surface area contributed by atoms with E-state index in [4.69, 9.17) is 10.5 Å². The highest BCUT2D eigenvalue weighted by atomic mass is 16.5. The Morgan fingerprint density at radius 1 is 1.13 bits per heavy atom. The lowest BCUT2D eigenvalue weighted by Gasteiger charge is -2.31. The van der Waals surface area contributed by atoms with E-state index in [0.29, 0.717) is 29.7 Å². The standard InChI is InChI=1S/C32H40N2O5/c1-19-10-12-24(15-20(19)2)34(7)21(3)28(23-11-13-27-22(16-23)9-8-14-39-27)29(26(18-35)30(33)36)25(31(37)38)17-32(4,5)6/h10-13,15-16,18,25H,8-9,14,17H2,1-7H3,(H2,33,36)(H,37,38)/b28-21-,29-26+. The normalized spacial score (nSPS) is 15.3.